The molecule has 6 aliphatic rings. The first-order valence-corrected chi connectivity index (χ1v) is 19.5. The summed E-state index contributed by atoms with van der Waals surface area (Å²) in [5.74, 6) is -0.572. The second-order valence-corrected chi connectivity index (χ2v) is 16.1. The quantitative estimate of drug-likeness (QED) is 0.127. The van der Waals surface area contributed by atoms with Gasteiger partial charge in [-0.05, 0) is 110 Å². The maximum Gasteiger partial charge on any atom is 0.548 e. The third kappa shape index (κ3) is 3.07. The average Bonchev–Trinajstić information content (AvgIpc) is 4.05. The van der Waals surface area contributed by atoms with Crippen molar-refractivity contribution in [3.8, 4) is 0 Å². The van der Waals surface area contributed by atoms with Gasteiger partial charge in [-0.15, -0.1) is 4.58 Å². The highest BCUT2D eigenvalue weighted by Gasteiger charge is 2.73. The summed E-state index contributed by atoms with van der Waals surface area (Å²) in [4.78, 5) is 0. The molecule has 0 saturated carbocycles. The van der Waals surface area contributed by atoms with Crippen LogP contribution in [-0.4, -0.2) is 35.8 Å². The van der Waals surface area contributed by atoms with Gasteiger partial charge in [-0.2, -0.15) is 4.57 Å². The van der Waals surface area contributed by atoms with Crippen LogP contribution in [0.4, 0.5) is 0 Å². The molecule has 0 radical (unpaired) electrons. The first-order chi connectivity index (χ1) is 27.1. The van der Waals surface area contributed by atoms with Crippen molar-refractivity contribution in [2.75, 3.05) is 0 Å². The number of aryl methyl sites for hydroxylation is 2. The predicted molar refractivity (Wildman–Crippen MR) is 222 cm³/mol. The van der Waals surface area contributed by atoms with Gasteiger partial charge in [-0.25, -0.2) is 4.57 Å². The van der Waals surface area contributed by atoms with Crippen molar-refractivity contribution in [3.63, 3.8) is 0 Å². The first-order valence-electron chi connectivity index (χ1n) is 19.5. The molecule has 0 aliphatic carbocycles. The van der Waals surface area contributed by atoms with Gasteiger partial charge in [0.2, 0.25) is 17.1 Å². The van der Waals surface area contributed by atoms with Crippen LogP contribution in [-0.2, 0) is 5.91 Å². The van der Waals surface area contributed by atoms with Gasteiger partial charge in [0.25, 0.3) is 0 Å². The molecule has 6 aliphatic heterocycles. The van der Waals surface area contributed by atoms with E-state index >= 15 is 0 Å². The van der Waals surface area contributed by atoms with E-state index in [1.54, 1.807) is 0 Å². The molecule has 3 atom stereocenters. The summed E-state index contributed by atoms with van der Waals surface area (Å²) in [7, 11) is 0. The smallest absolute Gasteiger partial charge is 0.203 e. The highest BCUT2D eigenvalue weighted by atomic mass is 15.6. The third-order valence-electron chi connectivity index (χ3n) is 13.8. The Morgan fingerprint density at radius 1 is 0.564 bits per heavy atom. The summed E-state index contributed by atoms with van der Waals surface area (Å²) in [5.41, 5.74) is 13.0. The molecule has 4 heteroatoms. The predicted octanol–water partition coefficient (Wildman–Crippen LogP) is 8.45. The summed E-state index contributed by atoms with van der Waals surface area (Å²) < 4.78 is 10.8. The van der Waals surface area contributed by atoms with Gasteiger partial charge in [-0.3, -0.25) is 0 Å². The van der Waals surface area contributed by atoms with Crippen molar-refractivity contribution in [3.05, 3.63) is 202 Å². The van der Waals surface area contributed by atoms with E-state index in [-0.39, 0.29) is 12.0 Å². The molecule has 0 bridgehead atoms. The van der Waals surface area contributed by atoms with E-state index in [4.69, 9.17) is 0 Å². The molecule has 0 fully saturated rings. The summed E-state index contributed by atoms with van der Waals surface area (Å²) >= 11 is 0. The minimum atomic E-state index is -0.671. The Bertz CT molecular complexity index is 3410. The molecular weight excluding hydrogens is 669 g/mol. The lowest BCUT2D eigenvalue weighted by Gasteiger charge is -2.43. The Balaban J connectivity index is 1.16. The van der Waals surface area contributed by atoms with Crippen LogP contribution >= 0.6 is 0 Å². The van der Waals surface area contributed by atoms with Crippen molar-refractivity contribution in [1.82, 2.24) is 9.13 Å². The SMILES string of the molecule is Cc1c2ccccc2c(C2=c3ccc4n3C35n6c(ccc6C(c6c7ccccc7c(C)c7ccccc67)C6C=CC(=[N+]63)C=C3C=CC2=[N+]35)C=4)c2ccccc12. The molecular formula is C51H34N4+2. The lowest BCUT2D eigenvalue weighted by Crippen LogP contribution is -2.73. The largest absolute Gasteiger partial charge is 0.548 e. The monoisotopic (exact) mass is 702 g/mol. The van der Waals surface area contributed by atoms with Crippen LogP contribution in [0.5, 0.6) is 0 Å². The zero-order valence-electron chi connectivity index (χ0n) is 30.5. The highest BCUT2D eigenvalue weighted by Crippen LogP contribution is 2.52. The van der Waals surface area contributed by atoms with Crippen molar-refractivity contribution >= 4 is 66.2 Å². The van der Waals surface area contributed by atoms with Gasteiger partial charge in [-0.1, -0.05) is 102 Å². The minimum absolute atomic E-state index is 0.0863. The normalized spacial score (nSPS) is 22.0. The fourth-order valence-electron chi connectivity index (χ4n) is 11.8. The molecule has 6 aromatic carbocycles. The summed E-state index contributed by atoms with van der Waals surface area (Å²) in [6.07, 6.45) is 14.5. The zero-order chi connectivity index (χ0) is 35.9. The van der Waals surface area contributed by atoms with Crippen molar-refractivity contribution < 1.29 is 9.15 Å². The zero-order valence-corrected chi connectivity index (χ0v) is 30.5. The molecule has 2 aromatic heterocycles. The molecule has 0 N–H and O–H groups in total. The molecule has 3 unspecified atom stereocenters. The van der Waals surface area contributed by atoms with Crippen LogP contribution in [0, 0.1) is 13.8 Å². The maximum atomic E-state index is 2.76. The number of nitrogens with zero attached hydrogens (tertiary/aromatic N) is 4. The molecule has 14 rings (SSSR count). The first kappa shape index (κ1) is 28.7. The Labute approximate surface area is 316 Å². The van der Waals surface area contributed by atoms with E-state index in [0.29, 0.717) is 0 Å². The number of hydrogen-bond acceptors (Lipinski definition) is 0. The molecule has 1 spiro atoms. The van der Waals surface area contributed by atoms with Crippen LogP contribution < -0.4 is 10.7 Å². The average molecular weight is 703 g/mol. The van der Waals surface area contributed by atoms with Crippen LogP contribution in [0.25, 0.3) is 54.7 Å². The van der Waals surface area contributed by atoms with Gasteiger partial charge < -0.3 is 0 Å². The Kier molecular flexibility index (Phi) is 4.94. The molecule has 8 aromatic rings. The van der Waals surface area contributed by atoms with Crippen LogP contribution in [0.1, 0.15) is 39.6 Å². The lowest BCUT2D eigenvalue weighted by molar-refractivity contribution is -0.869. The van der Waals surface area contributed by atoms with Crippen molar-refractivity contribution in [1.29, 1.82) is 0 Å². The number of fused-ring (bicyclic) bond motifs is 4. The molecule has 0 amide bonds. The van der Waals surface area contributed by atoms with E-state index in [0.717, 1.165) is 0 Å². The lowest BCUT2D eigenvalue weighted by atomic mass is 9.79. The maximum absolute atomic E-state index is 2.76. The van der Waals surface area contributed by atoms with Crippen molar-refractivity contribution in [2.45, 2.75) is 31.7 Å². The number of rotatable bonds is 2. The minimum Gasteiger partial charge on any atom is -0.203 e. The molecule has 256 valence electrons. The second-order valence-electron chi connectivity index (χ2n) is 16.1. The van der Waals surface area contributed by atoms with E-state index in [1.165, 1.54) is 110 Å². The molecule has 8 heterocycles. The summed E-state index contributed by atoms with van der Waals surface area (Å²) in [5, 5.41) is 13.1. The van der Waals surface area contributed by atoms with Crippen LogP contribution in [0.3, 0.4) is 0 Å². The van der Waals surface area contributed by atoms with E-state index in [1.807, 2.05) is 0 Å². The molecule has 55 heavy (non-hydrogen) atoms. The Morgan fingerprint density at radius 2 is 1.16 bits per heavy atom. The number of benzene rings is 6. The van der Waals surface area contributed by atoms with Gasteiger partial charge >= 0.3 is 5.91 Å². The topological polar surface area (TPSA) is 15.9 Å². The highest BCUT2D eigenvalue weighted by molar-refractivity contribution is 6.33. The van der Waals surface area contributed by atoms with E-state index in [9.17, 15) is 0 Å². The Hall–Kier alpha value is -6.78. The number of allylic oxidation sites excluding steroid dienone is 4. The van der Waals surface area contributed by atoms with Crippen LogP contribution in [0.2, 0.25) is 0 Å². The number of aromatic nitrogens is 2. The third-order valence-corrected chi connectivity index (χ3v) is 13.8. The van der Waals surface area contributed by atoms with E-state index < -0.39 is 5.91 Å². The van der Waals surface area contributed by atoms with Crippen molar-refractivity contribution in [2.24, 2.45) is 0 Å². The summed E-state index contributed by atoms with van der Waals surface area (Å²) in [6.45, 7) is 4.57. The van der Waals surface area contributed by atoms with Gasteiger partial charge in [0.1, 0.15) is 0 Å². The van der Waals surface area contributed by atoms with Gasteiger partial charge in [0.15, 0.2) is 6.04 Å². The number of hydrogen-bond donors (Lipinski definition) is 0. The summed E-state index contributed by atoms with van der Waals surface area (Å²) in [6, 6.07) is 45.8. The van der Waals surface area contributed by atoms with Gasteiger partial charge in [0.05, 0.1) is 34.0 Å². The standard InChI is InChI=1S/C51H34N4/c1-29-35-11-3-7-15-39(35)47(40-16-8-4-12-36(29)40)49-43-23-19-31-27-33-21-25-45-50(48-41-17-9-5-13-37(41)30(2)38-14-6-10-18-42(38)48)46-26-22-34-28-32-20-24-44(49)53(32)51(52(31)43,54(33)45)55(34)46/h3-28,43,49H,1-2H3/q+2. The fourth-order valence-corrected chi connectivity index (χ4v) is 11.8. The van der Waals surface area contributed by atoms with Crippen LogP contribution in [0.15, 0.2) is 157 Å². The Morgan fingerprint density at radius 3 is 1.82 bits per heavy atom. The molecule has 4 nitrogen and oxygen atoms in total. The van der Waals surface area contributed by atoms with Gasteiger partial charge in [0, 0.05) is 29.5 Å². The fraction of sp³-hybridized carbons (Fsp3) is 0.0980. The second kappa shape index (κ2) is 9.47. The molecule has 0 saturated heterocycles. The van der Waals surface area contributed by atoms with E-state index in [2.05, 4.69) is 190 Å².